The zero-order valence-electron chi connectivity index (χ0n) is 19.1. The minimum absolute atomic E-state index is 0.0292. The number of nitrogens with zero attached hydrogens (tertiary/aromatic N) is 2. The Bertz CT molecular complexity index is 993. The molecule has 3 heterocycles. The van der Waals surface area contributed by atoms with Crippen molar-refractivity contribution in [2.45, 2.75) is 56.5 Å². The van der Waals surface area contributed by atoms with Crippen molar-refractivity contribution in [3.63, 3.8) is 0 Å². The molecule has 0 aliphatic carbocycles. The molecule has 6 heteroatoms. The molecule has 4 atom stereocenters. The lowest BCUT2D eigenvalue weighted by Crippen LogP contribution is -2.70. The van der Waals surface area contributed by atoms with Crippen molar-refractivity contribution in [2.75, 3.05) is 26.7 Å². The van der Waals surface area contributed by atoms with Gasteiger partial charge in [-0.15, -0.1) is 0 Å². The van der Waals surface area contributed by atoms with Crippen LogP contribution < -0.4 is 5.32 Å². The Morgan fingerprint density at radius 3 is 2.69 bits per heavy atom. The summed E-state index contributed by atoms with van der Waals surface area (Å²) >= 11 is 0. The summed E-state index contributed by atoms with van der Waals surface area (Å²) in [6.07, 6.45) is 1.01. The molecule has 0 spiro atoms. The number of fused-ring (bicyclic) bond motifs is 2. The molecule has 2 fully saturated rings. The quantitative estimate of drug-likeness (QED) is 0.784. The van der Waals surface area contributed by atoms with E-state index in [1.54, 1.807) is 12.1 Å². The third-order valence-electron chi connectivity index (χ3n) is 7.68. The van der Waals surface area contributed by atoms with E-state index in [1.807, 2.05) is 17.0 Å². The SMILES string of the molecule is CN1[C@H]2CO[C@@H](C(=O)N3CCc4ccccc4[C@@H]3c3ccc(F)cc3)C[C@@H]2NCC1(C)C. The second-order valence-electron chi connectivity index (χ2n) is 9.97. The van der Waals surface area contributed by atoms with Crippen LogP contribution >= 0.6 is 0 Å². The predicted molar refractivity (Wildman–Crippen MR) is 122 cm³/mol. The van der Waals surface area contributed by atoms with Gasteiger partial charge in [-0.1, -0.05) is 36.4 Å². The van der Waals surface area contributed by atoms with Gasteiger partial charge >= 0.3 is 0 Å². The fourth-order valence-electron chi connectivity index (χ4n) is 5.51. The number of nitrogens with one attached hydrogen (secondary N) is 1. The van der Waals surface area contributed by atoms with Crippen LogP contribution in [-0.4, -0.2) is 66.2 Å². The highest BCUT2D eigenvalue weighted by atomic mass is 19.1. The van der Waals surface area contributed by atoms with Crippen molar-refractivity contribution in [3.05, 3.63) is 71.0 Å². The number of amides is 1. The molecule has 0 radical (unpaired) electrons. The van der Waals surface area contributed by atoms with Crippen molar-refractivity contribution < 1.29 is 13.9 Å². The molecule has 2 aromatic rings. The van der Waals surface area contributed by atoms with Crippen LogP contribution in [0.15, 0.2) is 48.5 Å². The Kier molecular flexibility index (Phi) is 5.56. The highest BCUT2D eigenvalue weighted by molar-refractivity contribution is 5.82. The summed E-state index contributed by atoms with van der Waals surface area (Å²) in [5, 5.41) is 3.66. The number of rotatable bonds is 2. The first-order chi connectivity index (χ1) is 15.3. The third-order valence-corrected chi connectivity index (χ3v) is 7.68. The molecule has 0 bridgehead atoms. The van der Waals surface area contributed by atoms with Crippen LogP contribution in [0, 0.1) is 5.82 Å². The van der Waals surface area contributed by atoms with Gasteiger partial charge in [-0.2, -0.15) is 0 Å². The van der Waals surface area contributed by atoms with Crippen molar-refractivity contribution in [2.24, 2.45) is 0 Å². The number of piperazine rings is 1. The summed E-state index contributed by atoms with van der Waals surface area (Å²) in [4.78, 5) is 18.1. The van der Waals surface area contributed by atoms with Crippen LogP contribution in [0.1, 0.15) is 43.0 Å². The number of hydrogen-bond donors (Lipinski definition) is 1. The Hall–Kier alpha value is -2.28. The number of hydrogen-bond acceptors (Lipinski definition) is 4. The van der Waals surface area contributed by atoms with Gasteiger partial charge in [-0.25, -0.2) is 4.39 Å². The average Bonchev–Trinajstić information content (AvgIpc) is 2.81. The van der Waals surface area contributed by atoms with Gasteiger partial charge in [0.05, 0.1) is 12.6 Å². The van der Waals surface area contributed by atoms with Gasteiger partial charge in [0.1, 0.15) is 11.9 Å². The smallest absolute Gasteiger partial charge is 0.252 e. The lowest BCUT2D eigenvalue weighted by atomic mass is 9.86. The van der Waals surface area contributed by atoms with Gasteiger partial charge in [0.25, 0.3) is 5.91 Å². The molecule has 0 unspecified atom stereocenters. The van der Waals surface area contributed by atoms with E-state index in [4.69, 9.17) is 4.74 Å². The van der Waals surface area contributed by atoms with Crippen LogP contribution in [0.4, 0.5) is 4.39 Å². The van der Waals surface area contributed by atoms with Gasteiger partial charge in [-0.3, -0.25) is 9.69 Å². The predicted octanol–water partition coefficient (Wildman–Crippen LogP) is 3.14. The normalized spacial score (nSPS) is 29.8. The number of halogens is 1. The minimum atomic E-state index is -0.466. The molecule has 5 rings (SSSR count). The molecular formula is C26H32FN3O2. The molecule has 3 aliphatic rings. The first-order valence-corrected chi connectivity index (χ1v) is 11.6. The number of carbonyl (C=O) groups excluding carboxylic acids is 1. The van der Waals surface area contributed by atoms with E-state index in [2.05, 4.69) is 43.2 Å². The molecule has 2 saturated heterocycles. The van der Waals surface area contributed by atoms with Gasteiger partial charge in [0.15, 0.2) is 0 Å². The highest BCUT2D eigenvalue weighted by Crippen LogP contribution is 2.37. The molecule has 170 valence electrons. The minimum Gasteiger partial charge on any atom is -0.367 e. The van der Waals surface area contributed by atoms with E-state index in [1.165, 1.54) is 17.7 Å². The van der Waals surface area contributed by atoms with Crippen molar-refractivity contribution in [3.8, 4) is 0 Å². The summed E-state index contributed by atoms with van der Waals surface area (Å²) < 4.78 is 19.8. The molecule has 32 heavy (non-hydrogen) atoms. The largest absolute Gasteiger partial charge is 0.367 e. The van der Waals surface area contributed by atoms with E-state index in [0.29, 0.717) is 19.6 Å². The number of carbonyl (C=O) groups is 1. The number of benzene rings is 2. The van der Waals surface area contributed by atoms with E-state index < -0.39 is 6.10 Å². The zero-order valence-corrected chi connectivity index (χ0v) is 19.1. The van der Waals surface area contributed by atoms with Gasteiger partial charge in [-0.05, 0) is 62.6 Å². The molecule has 1 N–H and O–H groups in total. The maximum atomic E-state index is 13.8. The van der Waals surface area contributed by atoms with E-state index in [0.717, 1.165) is 24.1 Å². The van der Waals surface area contributed by atoms with Crippen LogP contribution in [0.25, 0.3) is 0 Å². The first-order valence-electron chi connectivity index (χ1n) is 11.6. The summed E-state index contributed by atoms with van der Waals surface area (Å²) in [6.45, 7) is 6.52. The van der Waals surface area contributed by atoms with Gasteiger partial charge in [0.2, 0.25) is 0 Å². The second-order valence-corrected chi connectivity index (χ2v) is 9.97. The maximum absolute atomic E-state index is 13.8. The average molecular weight is 438 g/mol. The van der Waals surface area contributed by atoms with E-state index in [9.17, 15) is 9.18 Å². The Morgan fingerprint density at radius 1 is 1.16 bits per heavy atom. The van der Waals surface area contributed by atoms with Gasteiger partial charge < -0.3 is 15.0 Å². The topological polar surface area (TPSA) is 44.8 Å². The van der Waals surface area contributed by atoms with Crippen molar-refractivity contribution >= 4 is 5.91 Å². The van der Waals surface area contributed by atoms with Crippen molar-refractivity contribution in [1.29, 1.82) is 0 Å². The molecule has 2 aromatic carbocycles. The molecule has 3 aliphatic heterocycles. The Labute approximate surface area is 189 Å². The fraction of sp³-hybridized carbons (Fsp3) is 0.500. The maximum Gasteiger partial charge on any atom is 0.252 e. The molecule has 1 amide bonds. The summed E-state index contributed by atoms with van der Waals surface area (Å²) in [7, 11) is 2.15. The standard InChI is InChI=1S/C26H32FN3O2/c1-26(2)16-28-21-14-23(32-15-22(21)29(26)3)25(31)30-13-12-17-6-4-5-7-20(17)24(30)18-8-10-19(27)11-9-18/h4-11,21-24,28H,12-16H2,1-3H3/t21-,22-,23+,24-/m0/s1. The van der Waals surface area contributed by atoms with E-state index in [-0.39, 0.29) is 35.4 Å². The number of likely N-dealkylation sites (N-methyl/N-ethyl adjacent to an activating group) is 1. The lowest BCUT2D eigenvalue weighted by molar-refractivity contribution is -0.156. The molecule has 0 aromatic heterocycles. The van der Waals surface area contributed by atoms with Crippen LogP contribution in [-0.2, 0) is 16.0 Å². The van der Waals surface area contributed by atoms with Gasteiger partial charge in [0, 0.05) is 30.7 Å². The fourth-order valence-corrected chi connectivity index (χ4v) is 5.51. The first kappa shape index (κ1) is 21.6. The number of ether oxygens (including phenoxy) is 1. The summed E-state index contributed by atoms with van der Waals surface area (Å²) in [5.74, 6) is -0.241. The van der Waals surface area contributed by atoms with E-state index >= 15 is 0 Å². The second kappa shape index (κ2) is 8.25. The monoisotopic (exact) mass is 437 g/mol. The third kappa shape index (κ3) is 3.74. The van der Waals surface area contributed by atoms with Crippen LogP contribution in [0.3, 0.4) is 0 Å². The summed E-state index contributed by atoms with van der Waals surface area (Å²) in [6, 6.07) is 15.0. The summed E-state index contributed by atoms with van der Waals surface area (Å²) in [5.41, 5.74) is 3.35. The Morgan fingerprint density at radius 2 is 1.91 bits per heavy atom. The lowest BCUT2D eigenvalue weighted by Gasteiger charge is -2.53. The Balaban J connectivity index is 1.41. The highest BCUT2D eigenvalue weighted by Gasteiger charge is 2.46. The molecular weight excluding hydrogens is 405 g/mol. The van der Waals surface area contributed by atoms with Crippen LogP contribution in [0.2, 0.25) is 0 Å². The molecule has 0 saturated carbocycles. The van der Waals surface area contributed by atoms with Crippen LogP contribution in [0.5, 0.6) is 0 Å². The zero-order chi connectivity index (χ0) is 22.5. The van der Waals surface area contributed by atoms with Crippen molar-refractivity contribution in [1.82, 2.24) is 15.1 Å². The molecule has 5 nitrogen and oxygen atoms in total.